The van der Waals surface area contributed by atoms with Gasteiger partial charge in [-0.25, -0.2) is 4.79 Å². The van der Waals surface area contributed by atoms with Crippen LogP contribution < -0.4 is 10.6 Å². The number of carboxylic acid groups (broad SMARTS) is 1. The molecular weight excluding hydrogens is 1140 g/mol. The van der Waals surface area contributed by atoms with E-state index in [1.54, 1.807) is 6.08 Å². The van der Waals surface area contributed by atoms with E-state index < -0.39 is 155 Å². The van der Waals surface area contributed by atoms with E-state index in [1.165, 1.54) is 116 Å². The lowest BCUT2D eigenvalue weighted by Crippen LogP contribution is -2.70. The molecule has 0 aromatic rings. The molecule has 23 heteroatoms. The lowest BCUT2D eigenvalue weighted by atomic mass is 9.88. The van der Waals surface area contributed by atoms with Crippen molar-refractivity contribution >= 4 is 17.8 Å². The number of unbranched alkanes of at least 4 members (excludes halogenated alkanes) is 26. The first-order valence-corrected chi connectivity index (χ1v) is 33.4. The molecule has 18 atom stereocenters. The van der Waals surface area contributed by atoms with Gasteiger partial charge in [0.2, 0.25) is 11.8 Å². The summed E-state index contributed by atoms with van der Waals surface area (Å²) in [6, 6.07) is -2.62. The van der Waals surface area contributed by atoms with Crippen LogP contribution in [0.1, 0.15) is 220 Å². The van der Waals surface area contributed by atoms with Crippen LogP contribution in [0.5, 0.6) is 0 Å². The van der Waals surface area contributed by atoms with E-state index in [4.69, 9.17) is 28.4 Å². The Hall–Kier alpha value is -3.05. The first kappa shape index (κ1) is 79.2. The summed E-state index contributed by atoms with van der Waals surface area (Å²) in [5.74, 6) is -6.15. The van der Waals surface area contributed by atoms with E-state index in [0.717, 1.165) is 64.7 Å². The second-order valence-corrected chi connectivity index (χ2v) is 24.4. The minimum absolute atomic E-state index is 0.195. The molecule has 0 spiro atoms. The number of carboxylic acids is 1. The van der Waals surface area contributed by atoms with Crippen molar-refractivity contribution in [1.29, 1.82) is 0 Å². The van der Waals surface area contributed by atoms with Gasteiger partial charge >= 0.3 is 5.97 Å². The molecule has 0 aliphatic carbocycles. The van der Waals surface area contributed by atoms with Crippen LogP contribution in [-0.2, 0) is 42.8 Å². The fourth-order valence-corrected chi connectivity index (χ4v) is 11.5. The molecule has 88 heavy (non-hydrogen) atoms. The van der Waals surface area contributed by atoms with Crippen molar-refractivity contribution in [3.05, 3.63) is 36.5 Å². The Labute approximate surface area is 523 Å². The molecule has 0 bridgehead atoms. The molecule has 0 aromatic heterocycles. The highest BCUT2D eigenvalue weighted by Crippen LogP contribution is 2.38. The van der Waals surface area contributed by atoms with Crippen LogP contribution in [-0.4, -0.2) is 215 Å². The fraction of sp³-hybridized carbons (Fsp3) is 0.862. The maximum absolute atomic E-state index is 13.4. The molecule has 3 rings (SSSR count). The minimum atomic E-state index is -3.08. The molecule has 18 unspecified atom stereocenters. The number of aliphatic hydroxyl groups excluding tert-OH is 11. The molecule has 0 aromatic carbocycles. The summed E-state index contributed by atoms with van der Waals surface area (Å²) >= 11 is 0. The molecule has 512 valence electrons. The largest absolute Gasteiger partial charge is 0.477 e. The third kappa shape index (κ3) is 28.9. The molecule has 3 fully saturated rings. The highest BCUT2D eigenvalue weighted by Gasteiger charge is 2.60. The quantitative estimate of drug-likeness (QED) is 0.0215. The number of allylic oxidation sites excluding steroid dienone is 5. The summed E-state index contributed by atoms with van der Waals surface area (Å²) in [5.41, 5.74) is 0. The average molecular weight is 1260 g/mol. The standard InChI is InChI=1S/C65H116N2O21/c1-4-6-8-10-12-14-16-18-20-21-22-23-25-27-29-31-33-35-37-39-52(75)67-46(47(72)38-36-34-32-30-28-26-24-19-17-15-13-11-9-7-5-2)44-83-62-57(79)56(78)59(51(43-70)85-62)86-63-58(80)61(55(77)50(42-69)84-63)88-65(64(81)82)40-48(73)53(66-45(3)71)60(87-65)54(76)49(74)41-68/h12,14,16,18,36,38,46-51,53-63,68-70,72-74,76-80H,4-11,13,15,17,19-35,37,39-44H2,1-3H3,(H,66,71)(H,67,75)(H,81,82)/b14-12-,18-16-,38-36+. The lowest BCUT2D eigenvalue weighted by molar-refractivity contribution is -0.386. The summed E-state index contributed by atoms with van der Waals surface area (Å²) in [6.45, 7) is 2.09. The normalized spacial score (nSPS) is 29.2. The lowest BCUT2D eigenvalue weighted by Gasteiger charge is -2.50. The number of carbonyl (C=O) groups is 3. The van der Waals surface area contributed by atoms with Crippen molar-refractivity contribution in [1.82, 2.24) is 10.6 Å². The molecule has 2 amide bonds. The number of aliphatic hydroxyl groups is 11. The Kier molecular flexibility index (Phi) is 41.5. The van der Waals surface area contributed by atoms with Gasteiger partial charge in [0, 0.05) is 19.8 Å². The van der Waals surface area contributed by atoms with Crippen molar-refractivity contribution in [2.45, 2.75) is 330 Å². The third-order valence-electron chi connectivity index (χ3n) is 16.8. The van der Waals surface area contributed by atoms with Gasteiger partial charge in [-0.05, 0) is 44.9 Å². The van der Waals surface area contributed by atoms with Crippen molar-refractivity contribution < 1.29 is 104 Å². The van der Waals surface area contributed by atoms with Gasteiger partial charge in [0.05, 0.1) is 50.7 Å². The van der Waals surface area contributed by atoms with Crippen molar-refractivity contribution in [2.24, 2.45) is 0 Å². The van der Waals surface area contributed by atoms with E-state index >= 15 is 0 Å². The highest BCUT2D eigenvalue weighted by atomic mass is 16.8. The molecule has 14 N–H and O–H groups in total. The molecule has 3 saturated heterocycles. The van der Waals surface area contributed by atoms with Crippen molar-refractivity contribution in [3.8, 4) is 0 Å². The van der Waals surface area contributed by atoms with E-state index in [2.05, 4.69) is 48.8 Å². The molecule has 23 nitrogen and oxygen atoms in total. The molecule has 0 saturated carbocycles. The Morgan fingerprint density at radius 2 is 1.09 bits per heavy atom. The van der Waals surface area contributed by atoms with E-state index in [-0.39, 0.29) is 12.3 Å². The van der Waals surface area contributed by atoms with Crippen LogP contribution in [0.15, 0.2) is 36.5 Å². The van der Waals surface area contributed by atoms with Crippen molar-refractivity contribution in [3.63, 3.8) is 0 Å². The van der Waals surface area contributed by atoms with Gasteiger partial charge in [-0.3, -0.25) is 9.59 Å². The summed E-state index contributed by atoms with van der Waals surface area (Å²) in [7, 11) is 0. The van der Waals surface area contributed by atoms with E-state index in [0.29, 0.717) is 12.8 Å². The minimum Gasteiger partial charge on any atom is -0.477 e. The number of ether oxygens (including phenoxy) is 6. The number of aliphatic carboxylic acids is 1. The summed E-state index contributed by atoms with van der Waals surface area (Å²) in [4.78, 5) is 38.5. The molecular formula is C65H116N2O21. The zero-order valence-corrected chi connectivity index (χ0v) is 53.1. The third-order valence-corrected chi connectivity index (χ3v) is 16.8. The first-order chi connectivity index (χ1) is 42.4. The predicted molar refractivity (Wildman–Crippen MR) is 329 cm³/mol. The Morgan fingerprint density at radius 1 is 0.602 bits per heavy atom. The van der Waals surface area contributed by atoms with Gasteiger partial charge in [0.25, 0.3) is 5.79 Å². The van der Waals surface area contributed by atoms with Crippen LogP contribution in [0.2, 0.25) is 0 Å². The zero-order valence-electron chi connectivity index (χ0n) is 53.1. The van der Waals surface area contributed by atoms with Crippen LogP contribution in [0.4, 0.5) is 0 Å². The van der Waals surface area contributed by atoms with Crippen LogP contribution in [0.3, 0.4) is 0 Å². The van der Waals surface area contributed by atoms with Gasteiger partial charge in [-0.1, -0.05) is 192 Å². The zero-order chi connectivity index (χ0) is 64.7. The molecule has 0 radical (unpaired) electrons. The van der Waals surface area contributed by atoms with Gasteiger partial charge in [-0.2, -0.15) is 0 Å². The number of nitrogens with one attached hydrogen (secondary N) is 2. The smallest absolute Gasteiger partial charge is 0.364 e. The van der Waals surface area contributed by atoms with Gasteiger partial charge in [0.15, 0.2) is 12.6 Å². The molecule has 3 aliphatic heterocycles. The van der Waals surface area contributed by atoms with Crippen molar-refractivity contribution in [2.75, 3.05) is 26.4 Å². The van der Waals surface area contributed by atoms with Gasteiger partial charge < -0.3 is 100 Å². The SMILES string of the molecule is CCCCC/C=C\C=C/CCCCCCCCCCCCC(=O)NC(COC1OC(CO)C(OC2OC(CO)C(O)C(OC3(C(=O)O)CC(O)C(NC(C)=O)C(C(O)C(O)CO)O3)C2O)C(O)C1O)C(O)/C=C/CCCCCCCCCCCCCCC. The van der Waals surface area contributed by atoms with E-state index in [9.17, 15) is 75.7 Å². The summed E-state index contributed by atoms with van der Waals surface area (Å²) < 4.78 is 34.7. The maximum Gasteiger partial charge on any atom is 0.364 e. The van der Waals surface area contributed by atoms with Crippen LogP contribution in [0, 0.1) is 0 Å². The van der Waals surface area contributed by atoms with Gasteiger partial charge in [-0.15, -0.1) is 0 Å². The summed E-state index contributed by atoms with van der Waals surface area (Å²) in [6.07, 6.45) is 16.1. The maximum atomic E-state index is 13.4. The van der Waals surface area contributed by atoms with Crippen LogP contribution in [0.25, 0.3) is 0 Å². The highest BCUT2D eigenvalue weighted by molar-refractivity contribution is 5.77. The number of amides is 2. The topological polar surface area (TPSA) is 373 Å². The Balaban J connectivity index is 1.62. The number of hydrogen-bond donors (Lipinski definition) is 14. The molecule has 3 aliphatic rings. The average Bonchev–Trinajstić information content (AvgIpc) is 0.810. The Bertz CT molecular complexity index is 1930. The van der Waals surface area contributed by atoms with E-state index in [1.807, 2.05) is 6.08 Å². The van der Waals surface area contributed by atoms with Crippen LogP contribution >= 0.6 is 0 Å². The predicted octanol–water partition coefficient (Wildman–Crippen LogP) is 5.06. The fourth-order valence-electron chi connectivity index (χ4n) is 11.5. The number of hydrogen-bond acceptors (Lipinski definition) is 20. The number of carbonyl (C=O) groups excluding carboxylic acids is 2. The Morgan fingerprint density at radius 3 is 1.60 bits per heavy atom. The molecule has 3 heterocycles. The van der Waals surface area contributed by atoms with Gasteiger partial charge in [0.1, 0.15) is 67.1 Å². The monoisotopic (exact) mass is 1260 g/mol. The second-order valence-electron chi connectivity index (χ2n) is 24.4. The first-order valence-electron chi connectivity index (χ1n) is 33.4. The second kappa shape index (κ2) is 46.1. The summed E-state index contributed by atoms with van der Waals surface area (Å²) in [5, 5.41) is 136. The number of rotatable bonds is 49.